The van der Waals surface area contributed by atoms with Crippen molar-refractivity contribution in [1.82, 2.24) is 4.90 Å². The molecule has 0 amide bonds. The number of methoxy groups -OCH3 is 1. The predicted octanol–water partition coefficient (Wildman–Crippen LogP) is 2.74. The summed E-state index contributed by atoms with van der Waals surface area (Å²) >= 11 is 0. The molecular weight excluding hydrogens is 384 g/mol. The molecule has 1 aromatic rings. The highest BCUT2D eigenvalue weighted by Crippen LogP contribution is 2.67. The van der Waals surface area contributed by atoms with Crippen LogP contribution < -0.4 is 10.1 Å². The zero-order valence-electron chi connectivity index (χ0n) is 18.2. The minimum absolute atomic E-state index is 0.0158. The quantitative estimate of drug-likeness (QED) is 0.680. The van der Waals surface area contributed by atoms with Gasteiger partial charge in [0.15, 0.2) is 11.5 Å². The average molecular weight is 417 g/mol. The van der Waals surface area contributed by atoms with Crippen LogP contribution in [0.25, 0.3) is 0 Å². The lowest BCUT2D eigenvalue weighted by atomic mass is 9.49. The van der Waals surface area contributed by atoms with Crippen LogP contribution in [0, 0.1) is 5.92 Å². The summed E-state index contributed by atoms with van der Waals surface area (Å²) in [6.07, 6.45) is 4.60. The first-order valence-electron chi connectivity index (χ1n) is 11.1. The van der Waals surface area contributed by atoms with Crippen molar-refractivity contribution in [2.75, 3.05) is 26.0 Å². The minimum atomic E-state index is -0.887. The van der Waals surface area contributed by atoms with Gasteiger partial charge in [0.25, 0.3) is 0 Å². The molecular formula is C23H32N2O5. The van der Waals surface area contributed by atoms with Crippen molar-refractivity contribution in [1.29, 1.82) is 0 Å². The van der Waals surface area contributed by atoms with Gasteiger partial charge in [0.05, 0.1) is 11.0 Å². The Morgan fingerprint density at radius 2 is 2.17 bits per heavy atom. The highest BCUT2D eigenvalue weighted by atomic mass is 16.5. The van der Waals surface area contributed by atoms with Crippen LogP contribution in [0.1, 0.15) is 50.7 Å². The number of carboxylic acid groups (broad SMARTS) is 1. The molecule has 0 aromatic heterocycles. The molecule has 2 aliphatic carbocycles. The molecule has 2 heterocycles. The molecule has 2 fully saturated rings. The summed E-state index contributed by atoms with van der Waals surface area (Å²) in [6.45, 7) is 4.74. The van der Waals surface area contributed by atoms with E-state index in [-0.39, 0.29) is 34.8 Å². The molecule has 7 nitrogen and oxygen atoms in total. The number of nitrogens with zero attached hydrogens (tertiary/aromatic N) is 1. The normalized spacial score (nSPS) is 35.0. The van der Waals surface area contributed by atoms with E-state index in [9.17, 15) is 15.0 Å². The van der Waals surface area contributed by atoms with Crippen LogP contribution >= 0.6 is 0 Å². The topological polar surface area (TPSA) is 91.3 Å². The number of piperidine rings is 1. The van der Waals surface area contributed by atoms with E-state index < -0.39 is 12.0 Å². The molecule has 1 aromatic carbocycles. The van der Waals surface area contributed by atoms with Gasteiger partial charge in [0, 0.05) is 30.5 Å². The lowest BCUT2D eigenvalue weighted by Gasteiger charge is -2.64. The number of carboxylic acids is 1. The van der Waals surface area contributed by atoms with Gasteiger partial charge in [-0.25, -0.2) is 4.79 Å². The van der Waals surface area contributed by atoms with Gasteiger partial charge in [-0.1, -0.05) is 13.8 Å². The molecule has 1 spiro atoms. The lowest BCUT2D eigenvalue weighted by Crippen LogP contribution is -2.75. The summed E-state index contributed by atoms with van der Waals surface area (Å²) in [5.74, 6) is -0.300. The molecule has 1 saturated heterocycles. The molecule has 2 aliphatic heterocycles. The number of aliphatic carboxylic acids is 1. The maximum atomic E-state index is 11.9. The van der Waals surface area contributed by atoms with Gasteiger partial charge in [-0.2, -0.15) is 0 Å². The van der Waals surface area contributed by atoms with Gasteiger partial charge in [0.1, 0.15) is 12.1 Å². The zero-order chi connectivity index (χ0) is 21.4. The fourth-order valence-corrected chi connectivity index (χ4v) is 7.03. The van der Waals surface area contributed by atoms with E-state index in [0.29, 0.717) is 11.4 Å². The fraction of sp³-hybridized carbons (Fsp3) is 0.696. The number of carbonyl (C=O) groups is 1. The lowest BCUT2D eigenvalue weighted by molar-refractivity contribution is -0.197. The zero-order valence-corrected chi connectivity index (χ0v) is 18.2. The highest BCUT2D eigenvalue weighted by Gasteiger charge is 2.72. The van der Waals surface area contributed by atoms with Crippen LogP contribution in [0.15, 0.2) is 6.07 Å². The van der Waals surface area contributed by atoms with Crippen molar-refractivity contribution in [3.8, 4) is 11.5 Å². The minimum Gasteiger partial charge on any atom is -0.504 e. The number of anilines is 1. The second-order valence-electron chi connectivity index (χ2n) is 9.84. The number of nitrogens with one attached hydrogen (secondary N) is 1. The summed E-state index contributed by atoms with van der Waals surface area (Å²) in [5, 5.41) is 23.9. The van der Waals surface area contributed by atoms with Crippen molar-refractivity contribution in [2.45, 2.75) is 75.2 Å². The number of likely N-dealkylation sites (tertiary alicyclic amines) is 1. The Bertz CT molecular complexity index is 902. The maximum Gasteiger partial charge on any atom is 0.326 e. The second kappa shape index (κ2) is 6.50. The SMILES string of the molecule is CO[C@@]12CCC[C@@H]3Oc4c(O)cc(N[C@H](C(=O)O)C(C)C)c5c4[C@@]31CCN(C)[C@@H]2C5. The number of benzene rings is 1. The first-order chi connectivity index (χ1) is 14.3. The summed E-state index contributed by atoms with van der Waals surface area (Å²) in [6, 6.07) is 1.12. The first kappa shape index (κ1) is 19.9. The van der Waals surface area contributed by atoms with Crippen LogP contribution in [0.4, 0.5) is 5.69 Å². The van der Waals surface area contributed by atoms with Crippen LogP contribution in [-0.2, 0) is 21.4 Å². The molecule has 164 valence electrons. The Labute approximate surface area is 177 Å². The third kappa shape index (κ3) is 2.25. The van der Waals surface area contributed by atoms with E-state index in [0.717, 1.165) is 49.8 Å². The Morgan fingerprint density at radius 1 is 1.40 bits per heavy atom. The van der Waals surface area contributed by atoms with Crippen molar-refractivity contribution in [3.63, 3.8) is 0 Å². The standard InChI is InChI=1S/C23H32N2O5/c1-12(2)19(21(27)28)24-14-11-15(26)20-18-13(14)10-16-23(29-4)7-5-6-17(30-20)22(18,23)8-9-25(16)3/h11-12,16-17,19,24,26H,5-10H2,1-4H3,(H,27,28)/t16-,17+,19+,22-,23-/m1/s1. The number of aromatic hydroxyl groups is 1. The van der Waals surface area contributed by atoms with E-state index in [1.54, 1.807) is 6.07 Å². The van der Waals surface area contributed by atoms with Gasteiger partial charge in [0.2, 0.25) is 0 Å². The number of phenols is 1. The maximum absolute atomic E-state index is 11.9. The summed E-state index contributed by atoms with van der Waals surface area (Å²) in [4.78, 5) is 14.3. The fourth-order valence-electron chi connectivity index (χ4n) is 7.03. The van der Waals surface area contributed by atoms with Crippen molar-refractivity contribution in [3.05, 3.63) is 17.2 Å². The molecule has 2 bridgehead atoms. The number of hydrogen-bond acceptors (Lipinski definition) is 6. The number of likely N-dealkylation sites (N-methyl/N-ethyl adjacent to an activating group) is 1. The molecule has 0 unspecified atom stereocenters. The van der Waals surface area contributed by atoms with Gasteiger partial charge in [-0.15, -0.1) is 0 Å². The van der Waals surface area contributed by atoms with Gasteiger partial charge < -0.3 is 29.9 Å². The van der Waals surface area contributed by atoms with E-state index in [1.165, 1.54) is 0 Å². The number of ether oxygens (including phenoxy) is 2. The van der Waals surface area contributed by atoms with E-state index >= 15 is 0 Å². The molecule has 4 aliphatic rings. The molecule has 0 radical (unpaired) electrons. The Morgan fingerprint density at radius 3 is 2.83 bits per heavy atom. The third-order valence-corrected chi connectivity index (χ3v) is 8.33. The second-order valence-corrected chi connectivity index (χ2v) is 9.84. The van der Waals surface area contributed by atoms with Gasteiger partial charge in [-0.05, 0) is 57.2 Å². The van der Waals surface area contributed by atoms with E-state index in [1.807, 2.05) is 21.0 Å². The third-order valence-electron chi connectivity index (χ3n) is 8.33. The van der Waals surface area contributed by atoms with Crippen LogP contribution in [-0.4, -0.2) is 65.6 Å². The van der Waals surface area contributed by atoms with Crippen molar-refractivity contribution >= 4 is 11.7 Å². The van der Waals surface area contributed by atoms with E-state index in [4.69, 9.17) is 9.47 Å². The largest absolute Gasteiger partial charge is 0.504 e. The number of rotatable bonds is 5. The highest BCUT2D eigenvalue weighted by molar-refractivity contribution is 5.80. The number of hydrogen-bond donors (Lipinski definition) is 3. The summed E-state index contributed by atoms with van der Waals surface area (Å²) in [7, 11) is 3.98. The number of phenolic OH excluding ortho intramolecular Hbond substituents is 1. The molecule has 3 N–H and O–H groups in total. The van der Waals surface area contributed by atoms with Gasteiger partial charge in [-0.3, -0.25) is 0 Å². The molecule has 1 saturated carbocycles. The summed E-state index contributed by atoms with van der Waals surface area (Å²) in [5.41, 5.74) is 2.21. The van der Waals surface area contributed by atoms with E-state index in [2.05, 4.69) is 17.3 Å². The summed E-state index contributed by atoms with van der Waals surface area (Å²) < 4.78 is 12.8. The molecule has 5 atom stereocenters. The van der Waals surface area contributed by atoms with Crippen LogP contribution in [0.5, 0.6) is 11.5 Å². The van der Waals surface area contributed by atoms with Crippen molar-refractivity contribution in [2.24, 2.45) is 5.92 Å². The monoisotopic (exact) mass is 416 g/mol. The Kier molecular flexibility index (Phi) is 4.32. The Balaban J connectivity index is 1.74. The predicted molar refractivity (Wildman–Crippen MR) is 112 cm³/mol. The average Bonchev–Trinajstić information content (AvgIpc) is 3.04. The smallest absolute Gasteiger partial charge is 0.326 e. The molecule has 5 rings (SSSR count). The van der Waals surface area contributed by atoms with Crippen molar-refractivity contribution < 1.29 is 24.5 Å². The van der Waals surface area contributed by atoms with Gasteiger partial charge >= 0.3 is 5.97 Å². The molecule has 30 heavy (non-hydrogen) atoms. The first-order valence-corrected chi connectivity index (χ1v) is 11.1. The van der Waals surface area contributed by atoms with Crippen LogP contribution in [0.3, 0.4) is 0 Å². The Hall–Kier alpha value is -1.99. The molecule has 7 heteroatoms. The van der Waals surface area contributed by atoms with Crippen LogP contribution in [0.2, 0.25) is 0 Å².